The molecule has 0 amide bonds. The quantitative estimate of drug-likeness (QED) is 0.616. The van der Waals surface area contributed by atoms with E-state index in [1.165, 1.54) is 7.11 Å². The molecule has 0 radical (unpaired) electrons. The van der Waals surface area contributed by atoms with Gasteiger partial charge >= 0.3 is 5.97 Å². The largest absolute Gasteiger partial charge is 0.469 e. The molecule has 0 aromatic heterocycles. The molecule has 0 aliphatic heterocycles. The fourth-order valence-corrected chi connectivity index (χ4v) is 3.89. The summed E-state index contributed by atoms with van der Waals surface area (Å²) in [5.74, 6) is -0.697. The topological polar surface area (TPSA) is 69.7 Å². The van der Waals surface area contributed by atoms with Gasteiger partial charge in [-0.25, -0.2) is 0 Å². The lowest BCUT2D eigenvalue weighted by atomic mass is 9.87. The van der Waals surface area contributed by atoms with E-state index < -0.39 is 16.2 Å². The molecule has 0 spiro atoms. The highest BCUT2D eigenvalue weighted by molar-refractivity contribution is 7.85. The first kappa shape index (κ1) is 16.0. The van der Waals surface area contributed by atoms with Gasteiger partial charge in [-0.15, -0.1) is 0 Å². The molecule has 2 rings (SSSR count). The molecule has 2 atom stereocenters. The third-order valence-electron chi connectivity index (χ3n) is 3.63. The summed E-state index contributed by atoms with van der Waals surface area (Å²) in [4.78, 5) is 11.5. The summed E-state index contributed by atoms with van der Waals surface area (Å²) in [6.45, 7) is 0. The van der Waals surface area contributed by atoms with Crippen molar-refractivity contribution in [3.63, 3.8) is 0 Å². The van der Waals surface area contributed by atoms with Crippen LogP contribution in [0.15, 0.2) is 30.3 Å². The van der Waals surface area contributed by atoms with Crippen molar-refractivity contribution in [3.8, 4) is 0 Å². The van der Waals surface area contributed by atoms with Crippen LogP contribution in [0.4, 0.5) is 0 Å². The molecule has 1 aromatic carbocycles. The highest BCUT2D eigenvalue weighted by Crippen LogP contribution is 2.28. The maximum absolute atomic E-state index is 12.1. The van der Waals surface area contributed by atoms with Gasteiger partial charge < -0.3 is 4.74 Å². The van der Waals surface area contributed by atoms with Crippen molar-refractivity contribution in [1.29, 1.82) is 0 Å². The summed E-state index contributed by atoms with van der Waals surface area (Å²) in [5, 5.41) is 0. The minimum Gasteiger partial charge on any atom is -0.469 e. The lowest BCUT2D eigenvalue weighted by molar-refractivity contribution is -0.147. The zero-order valence-electron chi connectivity index (χ0n) is 12.0. The monoisotopic (exact) mass is 312 g/mol. The van der Waals surface area contributed by atoms with Gasteiger partial charge in [0, 0.05) is 0 Å². The van der Waals surface area contributed by atoms with Crippen LogP contribution >= 0.6 is 0 Å². The number of hydrogen-bond acceptors (Lipinski definition) is 5. The molecule has 1 aromatic rings. The van der Waals surface area contributed by atoms with E-state index in [9.17, 15) is 13.2 Å². The Balaban J connectivity index is 1.95. The average molecular weight is 312 g/mol. The van der Waals surface area contributed by atoms with Crippen molar-refractivity contribution in [1.82, 2.24) is 0 Å². The van der Waals surface area contributed by atoms with Crippen molar-refractivity contribution in [3.05, 3.63) is 35.9 Å². The van der Waals surface area contributed by atoms with E-state index in [1.807, 2.05) is 6.07 Å². The number of ether oxygens (including phenoxy) is 1. The van der Waals surface area contributed by atoms with Crippen molar-refractivity contribution >= 4 is 16.1 Å². The van der Waals surface area contributed by atoms with Crippen LogP contribution in [0.1, 0.15) is 31.2 Å². The zero-order chi connectivity index (χ0) is 15.3. The van der Waals surface area contributed by atoms with Gasteiger partial charge in [-0.05, 0) is 31.2 Å². The molecule has 1 aliphatic carbocycles. The summed E-state index contributed by atoms with van der Waals surface area (Å²) in [5.41, 5.74) is 0.692. The Labute approximate surface area is 125 Å². The van der Waals surface area contributed by atoms with Gasteiger partial charge in [0.2, 0.25) is 0 Å². The Kier molecular flexibility index (Phi) is 5.36. The third kappa shape index (κ3) is 4.82. The second-order valence-corrected chi connectivity index (χ2v) is 6.89. The van der Waals surface area contributed by atoms with Crippen molar-refractivity contribution in [2.45, 2.75) is 37.5 Å². The maximum Gasteiger partial charge on any atom is 0.308 e. The van der Waals surface area contributed by atoms with E-state index in [4.69, 9.17) is 8.92 Å². The predicted molar refractivity (Wildman–Crippen MR) is 77.9 cm³/mol. The van der Waals surface area contributed by atoms with Gasteiger partial charge in [0.1, 0.15) is 5.75 Å². The first-order chi connectivity index (χ1) is 10.00. The van der Waals surface area contributed by atoms with Crippen LogP contribution in [-0.4, -0.2) is 27.6 Å². The molecule has 1 aliphatic rings. The van der Waals surface area contributed by atoms with Crippen LogP contribution in [0.5, 0.6) is 0 Å². The molecule has 21 heavy (non-hydrogen) atoms. The van der Waals surface area contributed by atoms with Crippen LogP contribution < -0.4 is 0 Å². The highest BCUT2D eigenvalue weighted by Gasteiger charge is 2.31. The molecule has 0 N–H and O–H groups in total. The van der Waals surface area contributed by atoms with Gasteiger partial charge in [0.25, 0.3) is 10.1 Å². The summed E-state index contributed by atoms with van der Waals surface area (Å²) < 4.78 is 34.1. The maximum atomic E-state index is 12.1. The molecule has 0 heterocycles. The van der Waals surface area contributed by atoms with E-state index >= 15 is 0 Å². The SMILES string of the molecule is COC(=O)C1CCCC(OS(=O)(=O)Cc2ccccc2)C1. The summed E-state index contributed by atoms with van der Waals surface area (Å²) in [6, 6.07) is 8.91. The van der Waals surface area contributed by atoms with Crippen LogP contribution in [0.2, 0.25) is 0 Å². The van der Waals surface area contributed by atoms with E-state index in [-0.39, 0.29) is 17.6 Å². The Morgan fingerprint density at radius 2 is 1.95 bits per heavy atom. The molecule has 0 saturated heterocycles. The lowest BCUT2D eigenvalue weighted by Gasteiger charge is -2.26. The summed E-state index contributed by atoms with van der Waals surface area (Å²) in [6.07, 6.45) is 2.12. The molecule has 1 fully saturated rings. The predicted octanol–water partition coefficient (Wildman–Crippen LogP) is 2.26. The molecule has 5 nitrogen and oxygen atoms in total. The Morgan fingerprint density at radius 3 is 2.62 bits per heavy atom. The first-order valence-corrected chi connectivity index (χ1v) is 8.60. The smallest absolute Gasteiger partial charge is 0.308 e. The van der Waals surface area contributed by atoms with Crippen molar-refractivity contribution in [2.75, 3.05) is 7.11 Å². The molecule has 0 bridgehead atoms. The number of rotatable bonds is 5. The summed E-state index contributed by atoms with van der Waals surface area (Å²) >= 11 is 0. The molecule has 116 valence electrons. The van der Waals surface area contributed by atoms with Crippen LogP contribution in [0.3, 0.4) is 0 Å². The Morgan fingerprint density at radius 1 is 1.24 bits per heavy atom. The van der Waals surface area contributed by atoms with Gasteiger partial charge in [0.15, 0.2) is 0 Å². The van der Waals surface area contributed by atoms with Crippen molar-refractivity contribution < 1.29 is 22.1 Å². The van der Waals surface area contributed by atoms with Crippen LogP contribution in [0, 0.1) is 5.92 Å². The van der Waals surface area contributed by atoms with E-state index in [0.717, 1.165) is 12.8 Å². The van der Waals surface area contributed by atoms with Crippen molar-refractivity contribution in [2.24, 2.45) is 5.92 Å². The van der Waals surface area contributed by atoms with E-state index in [0.29, 0.717) is 18.4 Å². The first-order valence-electron chi connectivity index (χ1n) is 7.03. The van der Waals surface area contributed by atoms with Gasteiger partial charge in [-0.2, -0.15) is 8.42 Å². The number of esters is 1. The number of hydrogen-bond donors (Lipinski definition) is 0. The van der Waals surface area contributed by atoms with Crippen LogP contribution in [-0.2, 0) is 29.6 Å². The average Bonchev–Trinajstić information content (AvgIpc) is 2.46. The fourth-order valence-electron chi connectivity index (χ4n) is 2.63. The molecule has 6 heteroatoms. The second-order valence-electron chi connectivity index (χ2n) is 5.29. The normalized spacial score (nSPS) is 22.7. The number of benzene rings is 1. The Bertz CT molecular complexity index is 567. The fraction of sp³-hybridized carbons (Fsp3) is 0.533. The molecular formula is C15H20O5S. The van der Waals surface area contributed by atoms with Crippen LogP contribution in [0.25, 0.3) is 0 Å². The molecule has 1 saturated carbocycles. The van der Waals surface area contributed by atoms with Gasteiger partial charge in [-0.1, -0.05) is 30.3 Å². The standard InChI is InChI=1S/C15H20O5S/c1-19-15(16)13-8-5-9-14(10-13)20-21(17,18)11-12-6-3-2-4-7-12/h2-4,6-7,13-14H,5,8-11H2,1H3. The number of methoxy groups -OCH3 is 1. The Hall–Kier alpha value is -1.40. The zero-order valence-corrected chi connectivity index (χ0v) is 12.8. The molecule has 2 unspecified atom stereocenters. The second kappa shape index (κ2) is 7.04. The minimum atomic E-state index is -3.64. The van der Waals surface area contributed by atoms with Gasteiger partial charge in [-0.3, -0.25) is 8.98 Å². The summed E-state index contributed by atoms with van der Waals surface area (Å²) in [7, 11) is -2.30. The van der Waals surface area contributed by atoms with E-state index in [2.05, 4.69) is 0 Å². The number of carbonyl (C=O) groups excluding carboxylic acids is 1. The van der Waals surface area contributed by atoms with E-state index in [1.54, 1.807) is 24.3 Å². The number of carbonyl (C=O) groups is 1. The van der Waals surface area contributed by atoms with Gasteiger partial charge in [0.05, 0.1) is 19.1 Å². The highest BCUT2D eigenvalue weighted by atomic mass is 32.2. The minimum absolute atomic E-state index is 0.146. The lowest BCUT2D eigenvalue weighted by Crippen LogP contribution is -2.30. The molecular weight excluding hydrogens is 292 g/mol. The third-order valence-corrected chi connectivity index (χ3v) is 4.88.